The van der Waals surface area contributed by atoms with Gasteiger partial charge in [-0.3, -0.25) is 4.79 Å². The molecule has 3 rings (SSSR count). The molecule has 0 aliphatic rings. The molecule has 28 heavy (non-hydrogen) atoms. The molecule has 1 amide bonds. The van der Waals surface area contributed by atoms with Gasteiger partial charge in [-0.05, 0) is 48.5 Å². The number of benzene rings is 2. The van der Waals surface area contributed by atoms with Crippen LogP contribution in [-0.2, 0) is 4.79 Å². The van der Waals surface area contributed by atoms with Crippen LogP contribution in [0, 0.1) is 5.82 Å². The summed E-state index contributed by atoms with van der Waals surface area (Å²) >= 11 is 0. The van der Waals surface area contributed by atoms with E-state index in [4.69, 9.17) is 9.52 Å². The second kappa shape index (κ2) is 8.63. The fourth-order valence-corrected chi connectivity index (χ4v) is 2.34. The number of rotatable bonds is 7. The Kier molecular flexibility index (Phi) is 5.81. The minimum atomic E-state index is -1.02. The van der Waals surface area contributed by atoms with Gasteiger partial charge in [0.2, 0.25) is 0 Å². The largest absolute Gasteiger partial charge is 0.478 e. The summed E-state index contributed by atoms with van der Waals surface area (Å²) in [5.41, 5.74) is 3.73. The van der Waals surface area contributed by atoms with Crippen molar-refractivity contribution in [3.63, 3.8) is 0 Å². The number of carboxylic acid groups (broad SMARTS) is 1. The first-order valence-corrected chi connectivity index (χ1v) is 8.26. The maximum atomic E-state index is 12.8. The normalized spacial score (nSPS) is 10.8. The second-order valence-electron chi connectivity index (χ2n) is 5.74. The molecule has 0 unspecified atom stereocenters. The molecule has 0 saturated carbocycles. The third-order valence-corrected chi connectivity index (χ3v) is 3.70. The van der Waals surface area contributed by atoms with Gasteiger partial charge in [0.15, 0.2) is 0 Å². The summed E-state index contributed by atoms with van der Waals surface area (Å²) in [4.78, 5) is 22.8. The van der Waals surface area contributed by atoms with Crippen LogP contribution in [0.25, 0.3) is 11.3 Å². The molecule has 1 aromatic heterocycles. The van der Waals surface area contributed by atoms with Gasteiger partial charge in [0.25, 0.3) is 5.91 Å². The number of carbonyl (C=O) groups is 2. The topological polar surface area (TPSA) is 104 Å². The third kappa shape index (κ3) is 5.04. The second-order valence-corrected chi connectivity index (χ2v) is 5.74. The van der Waals surface area contributed by atoms with Crippen molar-refractivity contribution in [3.8, 4) is 11.3 Å². The van der Waals surface area contributed by atoms with Gasteiger partial charge in [0.05, 0.1) is 18.3 Å². The third-order valence-electron chi connectivity index (χ3n) is 3.70. The Morgan fingerprint density at radius 1 is 1.11 bits per heavy atom. The van der Waals surface area contributed by atoms with Crippen LogP contribution in [0.3, 0.4) is 0 Å². The number of furan rings is 1. The minimum Gasteiger partial charge on any atom is -0.478 e. The predicted molar refractivity (Wildman–Crippen MR) is 102 cm³/mol. The van der Waals surface area contributed by atoms with Crippen LogP contribution < -0.4 is 10.7 Å². The molecule has 0 atom stereocenters. The van der Waals surface area contributed by atoms with Gasteiger partial charge >= 0.3 is 5.97 Å². The number of halogens is 1. The van der Waals surface area contributed by atoms with Crippen molar-refractivity contribution in [2.24, 2.45) is 5.10 Å². The highest BCUT2D eigenvalue weighted by Crippen LogP contribution is 2.22. The van der Waals surface area contributed by atoms with Crippen molar-refractivity contribution < 1.29 is 23.5 Å². The summed E-state index contributed by atoms with van der Waals surface area (Å²) in [6.45, 7) is -0.0334. The molecule has 0 bridgehead atoms. The van der Waals surface area contributed by atoms with E-state index in [1.54, 1.807) is 24.3 Å². The molecule has 1 heterocycles. The Labute approximate surface area is 159 Å². The molecule has 0 saturated heterocycles. The summed E-state index contributed by atoms with van der Waals surface area (Å²) in [5, 5.41) is 15.7. The quantitative estimate of drug-likeness (QED) is 0.430. The number of hydrogen-bond acceptors (Lipinski definition) is 5. The van der Waals surface area contributed by atoms with E-state index in [0.29, 0.717) is 22.8 Å². The van der Waals surface area contributed by atoms with Crippen LogP contribution in [0.4, 0.5) is 10.1 Å². The number of carboxylic acids is 1. The SMILES string of the molecule is O=C(CNc1ccc(F)cc1)N/N=C\c1ccc(-c2cccc(C(=O)O)c2)o1. The molecule has 2 aromatic carbocycles. The van der Waals surface area contributed by atoms with Crippen molar-refractivity contribution in [1.82, 2.24) is 5.43 Å². The van der Waals surface area contributed by atoms with Crippen molar-refractivity contribution in [2.75, 3.05) is 11.9 Å². The zero-order valence-electron chi connectivity index (χ0n) is 14.6. The van der Waals surface area contributed by atoms with Crippen LogP contribution in [0.5, 0.6) is 0 Å². The maximum absolute atomic E-state index is 12.8. The lowest BCUT2D eigenvalue weighted by Gasteiger charge is -2.04. The Hall–Kier alpha value is -3.94. The first kappa shape index (κ1) is 18.8. The number of aromatic carboxylic acids is 1. The van der Waals surface area contributed by atoms with Crippen molar-refractivity contribution in [1.29, 1.82) is 0 Å². The first-order chi connectivity index (χ1) is 13.5. The number of carbonyl (C=O) groups excluding carboxylic acids is 1. The molecule has 3 N–H and O–H groups in total. The lowest BCUT2D eigenvalue weighted by molar-refractivity contribution is -0.119. The highest BCUT2D eigenvalue weighted by Gasteiger charge is 2.08. The molecule has 7 nitrogen and oxygen atoms in total. The van der Waals surface area contributed by atoms with Gasteiger partial charge in [0.1, 0.15) is 17.3 Å². The fraction of sp³-hybridized carbons (Fsp3) is 0.0500. The van der Waals surface area contributed by atoms with Gasteiger partial charge in [0, 0.05) is 11.3 Å². The molecular weight excluding hydrogens is 365 g/mol. The van der Waals surface area contributed by atoms with Crippen LogP contribution in [0.15, 0.2) is 70.2 Å². The molecular formula is C20H16FN3O4. The van der Waals surface area contributed by atoms with Crippen LogP contribution in [0.1, 0.15) is 16.1 Å². The highest BCUT2D eigenvalue weighted by atomic mass is 19.1. The van der Waals surface area contributed by atoms with Gasteiger partial charge in [-0.25, -0.2) is 14.6 Å². The number of hydrazone groups is 1. The molecule has 0 aliphatic carbocycles. The van der Waals surface area contributed by atoms with Gasteiger partial charge in [-0.15, -0.1) is 0 Å². The first-order valence-electron chi connectivity index (χ1n) is 8.26. The lowest BCUT2D eigenvalue weighted by atomic mass is 10.1. The molecule has 142 valence electrons. The predicted octanol–water partition coefficient (Wildman–Crippen LogP) is 3.35. The fourth-order valence-electron chi connectivity index (χ4n) is 2.34. The van der Waals surface area contributed by atoms with Crippen LogP contribution in [-0.4, -0.2) is 29.7 Å². The smallest absolute Gasteiger partial charge is 0.335 e. The van der Waals surface area contributed by atoms with Gasteiger partial charge in [-0.2, -0.15) is 5.10 Å². The van der Waals surface area contributed by atoms with Crippen molar-refractivity contribution >= 4 is 23.8 Å². The van der Waals surface area contributed by atoms with E-state index in [9.17, 15) is 14.0 Å². The number of amides is 1. The van der Waals surface area contributed by atoms with E-state index in [-0.39, 0.29) is 23.8 Å². The van der Waals surface area contributed by atoms with Gasteiger partial charge < -0.3 is 14.8 Å². The van der Waals surface area contributed by atoms with E-state index >= 15 is 0 Å². The molecule has 8 heteroatoms. The van der Waals surface area contributed by atoms with E-state index < -0.39 is 5.97 Å². The highest BCUT2D eigenvalue weighted by molar-refractivity contribution is 5.89. The maximum Gasteiger partial charge on any atom is 0.335 e. The minimum absolute atomic E-state index is 0.0334. The molecule has 0 radical (unpaired) electrons. The zero-order valence-corrected chi connectivity index (χ0v) is 14.6. The van der Waals surface area contributed by atoms with E-state index in [1.165, 1.54) is 42.6 Å². The Morgan fingerprint density at radius 3 is 2.64 bits per heavy atom. The molecule has 0 fully saturated rings. The standard InChI is InChI=1S/C20H16FN3O4/c21-15-4-6-16(7-5-15)22-12-19(25)24-23-11-17-8-9-18(28-17)13-2-1-3-14(10-13)20(26)27/h1-11,22H,12H2,(H,24,25)(H,26,27)/b23-11-. The Morgan fingerprint density at radius 2 is 1.89 bits per heavy atom. The average molecular weight is 381 g/mol. The number of nitrogens with one attached hydrogen (secondary N) is 2. The average Bonchev–Trinajstić information content (AvgIpc) is 3.16. The molecule has 3 aromatic rings. The van der Waals surface area contributed by atoms with Crippen molar-refractivity contribution in [2.45, 2.75) is 0 Å². The van der Waals surface area contributed by atoms with E-state index in [2.05, 4.69) is 15.8 Å². The van der Waals surface area contributed by atoms with E-state index in [1.807, 2.05) is 0 Å². The zero-order chi connectivity index (χ0) is 19.9. The Balaban J connectivity index is 1.53. The van der Waals surface area contributed by atoms with E-state index in [0.717, 1.165) is 0 Å². The lowest BCUT2D eigenvalue weighted by Crippen LogP contribution is -2.25. The van der Waals surface area contributed by atoms with Gasteiger partial charge in [-0.1, -0.05) is 12.1 Å². The summed E-state index contributed by atoms with van der Waals surface area (Å²) in [6, 6.07) is 15.3. The molecule has 0 spiro atoms. The summed E-state index contributed by atoms with van der Waals surface area (Å²) in [6.07, 6.45) is 1.33. The molecule has 0 aliphatic heterocycles. The summed E-state index contributed by atoms with van der Waals surface area (Å²) in [7, 11) is 0. The Bertz CT molecular complexity index is 1010. The summed E-state index contributed by atoms with van der Waals surface area (Å²) < 4.78 is 18.4. The van der Waals surface area contributed by atoms with Crippen LogP contribution >= 0.6 is 0 Å². The van der Waals surface area contributed by atoms with Crippen LogP contribution in [0.2, 0.25) is 0 Å². The summed E-state index contributed by atoms with van der Waals surface area (Å²) in [5.74, 6) is -0.892. The monoisotopic (exact) mass is 381 g/mol. The number of nitrogens with zero attached hydrogens (tertiary/aromatic N) is 1. The number of anilines is 1. The number of hydrogen-bond donors (Lipinski definition) is 3. The van der Waals surface area contributed by atoms with Crippen molar-refractivity contribution in [3.05, 3.63) is 77.8 Å².